The molecular weight excluding hydrogens is 425 g/mol. The van der Waals surface area contributed by atoms with E-state index in [0.29, 0.717) is 16.3 Å². The van der Waals surface area contributed by atoms with Crippen molar-refractivity contribution < 1.29 is 14.3 Å². The highest BCUT2D eigenvalue weighted by atomic mass is 35.5. The molecule has 0 bridgehead atoms. The Morgan fingerprint density at radius 3 is 2.37 bits per heavy atom. The van der Waals surface area contributed by atoms with E-state index in [1.165, 1.54) is 18.3 Å². The number of rotatable bonds is 8. The van der Waals surface area contributed by atoms with E-state index >= 15 is 0 Å². The summed E-state index contributed by atoms with van der Waals surface area (Å²) in [5, 5.41) is 7.35. The van der Waals surface area contributed by atoms with E-state index in [0.717, 1.165) is 5.56 Å². The maximum absolute atomic E-state index is 12.6. The Labute approximate surface area is 186 Å². The molecule has 0 aliphatic heterocycles. The van der Waals surface area contributed by atoms with Gasteiger partial charge in [0.15, 0.2) is 0 Å². The van der Waals surface area contributed by atoms with Crippen molar-refractivity contribution in [2.75, 3.05) is 0 Å². The van der Waals surface area contributed by atoms with Crippen LogP contribution in [0.3, 0.4) is 0 Å². The molecule has 1 unspecified atom stereocenters. The zero-order chi connectivity index (χ0) is 22.3. The van der Waals surface area contributed by atoms with Gasteiger partial charge < -0.3 is 10.1 Å². The van der Waals surface area contributed by atoms with Gasteiger partial charge in [0.1, 0.15) is 11.8 Å². The fourth-order valence-corrected chi connectivity index (χ4v) is 2.88. The number of hydrazone groups is 1. The van der Waals surface area contributed by atoms with Gasteiger partial charge in [-0.05, 0) is 50.1 Å². The molecule has 0 radical (unpaired) electrons. The summed E-state index contributed by atoms with van der Waals surface area (Å²) in [6.07, 6.45) is 1.52. The number of amides is 2. The van der Waals surface area contributed by atoms with Gasteiger partial charge in [0.05, 0.1) is 22.4 Å². The first-order valence-electron chi connectivity index (χ1n) is 9.53. The summed E-state index contributed by atoms with van der Waals surface area (Å²) in [5.41, 5.74) is 3.52. The molecule has 2 rings (SSSR count). The molecule has 160 valence electrons. The van der Waals surface area contributed by atoms with Crippen molar-refractivity contribution in [1.82, 2.24) is 10.7 Å². The van der Waals surface area contributed by atoms with Crippen molar-refractivity contribution in [3.63, 3.8) is 0 Å². The first kappa shape index (κ1) is 23.7. The summed E-state index contributed by atoms with van der Waals surface area (Å²) in [6.45, 7) is 7.52. The number of hydrogen-bond donors (Lipinski definition) is 2. The second kappa shape index (κ2) is 11.0. The van der Waals surface area contributed by atoms with Crippen LogP contribution in [0.15, 0.2) is 47.6 Å². The highest BCUT2D eigenvalue weighted by Crippen LogP contribution is 2.22. The minimum Gasteiger partial charge on any atom is -0.490 e. The van der Waals surface area contributed by atoms with E-state index in [9.17, 15) is 9.59 Å². The number of hydrogen-bond acceptors (Lipinski definition) is 4. The molecule has 8 heteroatoms. The van der Waals surface area contributed by atoms with Crippen LogP contribution in [0.1, 0.15) is 43.6 Å². The molecule has 0 spiro atoms. The van der Waals surface area contributed by atoms with Gasteiger partial charge in [0.25, 0.3) is 11.8 Å². The van der Waals surface area contributed by atoms with Gasteiger partial charge in [-0.2, -0.15) is 5.10 Å². The Balaban J connectivity index is 2.06. The third kappa shape index (κ3) is 6.75. The van der Waals surface area contributed by atoms with Crippen molar-refractivity contribution in [2.45, 2.75) is 39.8 Å². The number of halogens is 2. The Hall–Kier alpha value is -2.57. The topological polar surface area (TPSA) is 79.8 Å². The molecule has 2 aromatic carbocycles. The molecule has 0 aliphatic rings. The molecule has 0 aliphatic carbocycles. The average Bonchev–Trinajstić information content (AvgIpc) is 2.68. The van der Waals surface area contributed by atoms with Gasteiger partial charge in [-0.15, -0.1) is 0 Å². The van der Waals surface area contributed by atoms with E-state index in [1.54, 1.807) is 6.07 Å². The highest BCUT2D eigenvalue weighted by molar-refractivity contribution is 6.42. The second-order valence-corrected chi connectivity index (χ2v) is 8.08. The minimum atomic E-state index is -0.786. The van der Waals surface area contributed by atoms with E-state index in [1.807, 2.05) is 52.0 Å². The standard InChI is InChI=1S/C22H25Cl2N3O3/c1-13(2)20(26-21(28)15-9-10-17(23)18(24)11-15)22(29)27-25-12-16-7-5-6-8-19(16)30-14(3)4/h5-14,20H,1-4H3,(H,26,28)(H,27,29)/b25-12-. The third-order valence-electron chi connectivity index (χ3n) is 4.08. The summed E-state index contributed by atoms with van der Waals surface area (Å²) in [5.74, 6) is -0.360. The monoisotopic (exact) mass is 449 g/mol. The van der Waals surface area contributed by atoms with Crippen LogP contribution >= 0.6 is 23.2 Å². The van der Waals surface area contributed by atoms with E-state index in [4.69, 9.17) is 27.9 Å². The lowest BCUT2D eigenvalue weighted by atomic mass is 10.0. The lowest BCUT2D eigenvalue weighted by molar-refractivity contribution is -0.123. The number of benzene rings is 2. The number of carbonyl (C=O) groups excluding carboxylic acids is 2. The van der Waals surface area contributed by atoms with Crippen LogP contribution in [0.25, 0.3) is 0 Å². The molecule has 6 nitrogen and oxygen atoms in total. The lowest BCUT2D eigenvalue weighted by Gasteiger charge is -2.20. The Morgan fingerprint density at radius 1 is 1.03 bits per heavy atom. The average molecular weight is 450 g/mol. The largest absolute Gasteiger partial charge is 0.490 e. The molecule has 0 saturated heterocycles. The quantitative estimate of drug-likeness (QED) is 0.453. The Bertz CT molecular complexity index is 930. The van der Waals surface area contributed by atoms with Crippen LogP contribution in [-0.2, 0) is 4.79 Å². The van der Waals surface area contributed by atoms with E-state index < -0.39 is 17.9 Å². The lowest BCUT2D eigenvalue weighted by Crippen LogP contribution is -2.48. The fourth-order valence-electron chi connectivity index (χ4n) is 2.58. The van der Waals surface area contributed by atoms with Crippen LogP contribution in [0.2, 0.25) is 10.0 Å². The Kier molecular flexibility index (Phi) is 8.69. The van der Waals surface area contributed by atoms with Crippen molar-refractivity contribution >= 4 is 41.2 Å². The van der Waals surface area contributed by atoms with Crippen LogP contribution in [0.4, 0.5) is 0 Å². The summed E-state index contributed by atoms with van der Waals surface area (Å²) < 4.78 is 5.73. The van der Waals surface area contributed by atoms with Gasteiger partial charge in [-0.25, -0.2) is 5.43 Å². The van der Waals surface area contributed by atoms with Crippen LogP contribution < -0.4 is 15.5 Å². The molecule has 0 fully saturated rings. The maximum atomic E-state index is 12.6. The molecule has 0 saturated carbocycles. The van der Waals surface area contributed by atoms with E-state index in [2.05, 4.69) is 15.8 Å². The van der Waals surface area contributed by atoms with Gasteiger partial charge >= 0.3 is 0 Å². The Morgan fingerprint density at radius 2 is 1.73 bits per heavy atom. The fraction of sp³-hybridized carbons (Fsp3) is 0.318. The SMILES string of the molecule is CC(C)Oc1ccccc1/C=N\NC(=O)C(NC(=O)c1ccc(Cl)c(Cl)c1)C(C)C. The van der Waals surface area contributed by atoms with Crippen LogP contribution in [-0.4, -0.2) is 30.2 Å². The zero-order valence-corrected chi connectivity index (χ0v) is 18.8. The van der Waals surface area contributed by atoms with Gasteiger partial charge in [0, 0.05) is 11.1 Å². The number of nitrogens with one attached hydrogen (secondary N) is 2. The molecule has 0 aromatic heterocycles. The van der Waals surface area contributed by atoms with Gasteiger partial charge in [-0.1, -0.05) is 49.2 Å². The number of carbonyl (C=O) groups is 2. The molecule has 30 heavy (non-hydrogen) atoms. The number of ether oxygens (including phenoxy) is 1. The number of para-hydroxylation sites is 1. The van der Waals surface area contributed by atoms with Crippen molar-refractivity contribution in [1.29, 1.82) is 0 Å². The predicted molar refractivity (Wildman–Crippen MR) is 120 cm³/mol. The van der Waals surface area contributed by atoms with Gasteiger partial charge in [-0.3, -0.25) is 9.59 Å². The molecule has 2 N–H and O–H groups in total. The summed E-state index contributed by atoms with van der Waals surface area (Å²) in [4.78, 5) is 25.1. The maximum Gasteiger partial charge on any atom is 0.262 e. The summed E-state index contributed by atoms with van der Waals surface area (Å²) >= 11 is 11.9. The molecule has 1 atom stereocenters. The first-order valence-corrected chi connectivity index (χ1v) is 10.3. The molecular formula is C22H25Cl2N3O3. The predicted octanol–water partition coefficient (Wildman–Crippen LogP) is 4.69. The molecule has 0 heterocycles. The highest BCUT2D eigenvalue weighted by Gasteiger charge is 2.24. The van der Waals surface area contributed by atoms with E-state index in [-0.39, 0.29) is 17.0 Å². The second-order valence-electron chi connectivity index (χ2n) is 7.26. The first-order chi connectivity index (χ1) is 14.2. The minimum absolute atomic E-state index is 0.0102. The number of nitrogens with zero attached hydrogens (tertiary/aromatic N) is 1. The summed E-state index contributed by atoms with van der Waals surface area (Å²) in [7, 11) is 0. The van der Waals surface area contributed by atoms with Gasteiger partial charge in [0.2, 0.25) is 0 Å². The smallest absolute Gasteiger partial charge is 0.262 e. The van der Waals surface area contributed by atoms with Crippen LogP contribution in [0.5, 0.6) is 5.75 Å². The zero-order valence-electron chi connectivity index (χ0n) is 17.3. The summed E-state index contributed by atoms with van der Waals surface area (Å²) in [6, 6.07) is 11.1. The van der Waals surface area contributed by atoms with Crippen molar-refractivity contribution in [3.8, 4) is 5.75 Å². The van der Waals surface area contributed by atoms with Crippen molar-refractivity contribution in [2.24, 2.45) is 11.0 Å². The molecule has 2 aromatic rings. The molecule has 2 amide bonds. The third-order valence-corrected chi connectivity index (χ3v) is 4.82. The van der Waals surface area contributed by atoms with Crippen molar-refractivity contribution in [3.05, 3.63) is 63.6 Å². The normalized spacial score (nSPS) is 12.3. The van der Waals surface area contributed by atoms with Crippen LogP contribution in [0, 0.1) is 5.92 Å².